The lowest BCUT2D eigenvalue weighted by molar-refractivity contribution is 0.0951. The molecule has 0 atom stereocenters. The minimum absolute atomic E-state index is 0.0356. The molecule has 1 aromatic heterocycles. The van der Waals surface area contributed by atoms with Crippen molar-refractivity contribution >= 4 is 11.7 Å². The zero-order chi connectivity index (χ0) is 26.7. The molecule has 2 saturated carbocycles. The number of anilines is 1. The third-order valence-corrected chi connectivity index (χ3v) is 6.87. The van der Waals surface area contributed by atoms with Gasteiger partial charge >= 0.3 is 0 Å². The minimum Gasteiger partial charge on any atom is -0.492 e. The van der Waals surface area contributed by atoms with E-state index in [2.05, 4.69) is 20.9 Å². The smallest absolute Gasteiger partial charge is 0.297 e. The summed E-state index contributed by atoms with van der Waals surface area (Å²) in [7, 11) is 0. The highest BCUT2D eigenvalue weighted by atomic mass is 19.1. The monoisotopic (exact) mass is 521 g/mol. The Morgan fingerprint density at radius 2 is 2.03 bits per heavy atom. The second-order valence-electron chi connectivity index (χ2n) is 9.87. The fourth-order valence-corrected chi connectivity index (χ4v) is 4.45. The van der Waals surface area contributed by atoms with Crippen molar-refractivity contribution in [2.45, 2.75) is 44.2 Å². The number of aryl methyl sites for hydroxylation is 1. The van der Waals surface area contributed by atoms with Crippen molar-refractivity contribution in [3.8, 4) is 11.4 Å². The van der Waals surface area contributed by atoms with E-state index in [4.69, 9.17) is 9.84 Å². The van der Waals surface area contributed by atoms with Crippen LogP contribution in [-0.2, 0) is 5.54 Å². The van der Waals surface area contributed by atoms with Crippen LogP contribution in [0.2, 0.25) is 0 Å². The van der Waals surface area contributed by atoms with Gasteiger partial charge in [0.05, 0.1) is 17.8 Å². The SMILES string of the molecule is Cc1ccc(C(=O)NC2CC2)cc1-n1ccnc(NC2(c3cc(F)ccc3OCCNCCO)CC2)c1=O. The number of carbonyl (C=O) groups excluding carboxylic acids is 1. The topological polar surface area (TPSA) is 118 Å². The van der Waals surface area contributed by atoms with Gasteiger partial charge in [0, 0.05) is 42.7 Å². The standard InChI is InChI=1S/C28H32FN5O4/c1-18-2-3-19(26(36)32-21-5-6-21)16-23(18)34-13-10-31-25(27(34)37)33-28(8-9-28)22-17-20(29)4-7-24(22)38-15-12-30-11-14-35/h2-4,7,10,13,16-17,21,30,35H,5-6,8-9,11-12,14-15H2,1H3,(H,31,33)(H,32,36). The Balaban J connectivity index is 1.40. The Hall–Kier alpha value is -3.76. The maximum atomic E-state index is 14.3. The molecule has 2 aromatic carbocycles. The fraction of sp³-hybridized carbons (Fsp3) is 0.393. The van der Waals surface area contributed by atoms with Crippen molar-refractivity contribution in [3.05, 3.63) is 81.7 Å². The molecule has 1 amide bonds. The van der Waals surface area contributed by atoms with Crippen molar-refractivity contribution in [1.29, 1.82) is 0 Å². The van der Waals surface area contributed by atoms with Gasteiger partial charge in [-0.05, 0) is 68.5 Å². The first-order chi connectivity index (χ1) is 18.4. The van der Waals surface area contributed by atoms with Crippen LogP contribution >= 0.6 is 0 Å². The van der Waals surface area contributed by atoms with Gasteiger partial charge in [0.15, 0.2) is 5.82 Å². The summed E-state index contributed by atoms with van der Waals surface area (Å²) in [6, 6.07) is 9.90. The van der Waals surface area contributed by atoms with E-state index in [1.165, 1.54) is 22.9 Å². The number of rotatable bonds is 12. The van der Waals surface area contributed by atoms with Crippen molar-refractivity contribution in [3.63, 3.8) is 0 Å². The van der Waals surface area contributed by atoms with Crippen LogP contribution in [-0.4, -0.2) is 52.9 Å². The molecule has 2 aliphatic carbocycles. The molecule has 5 rings (SSSR count). The summed E-state index contributed by atoms with van der Waals surface area (Å²) in [5, 5.41) is 18.2. The summed E-state index contributed by atoms with van der Waals surface area (Å²) in [5.74, 6) is 0.117. The molecule has 0 aliphatic heterocycles. The highest BCUT2D eigenvalue weighted by molar-refractivity contribution is 5.95. The quantitative estimate of drug-likeness (QED) is 0.271. The Kier molecular flexibility index (Phi) is 7.44. The number of aromatic nitrogens is 2. The van der Waals surface area contributed by atoms with Crippen molar-refractivity contribution in [1.82, 2.24) is 20.2 Å². The Bertz CT molecular complexity index is 1380. The molecule has 9 nitrogen and oxygen atoms in total. The van der Waals surface area contributed by atoms with Crippen LogP contribution in [0.3, 0.4) is 0 Å². The number of aliphatic hydroxyl groups excluding tert-OH is 1. The molecule has 38 heavy (non-hydrogen) atoms. The predicted octanol–water partition coefficient (Wildman–Crippen LogP) is 2.63. The first-order valence-electron chi connectivity index (χ1n) is 12.9. The number of amides is 1. The van der Waals surface area contributed by atoms with Crippen LogP contribution in [0.25, 0.3) is 5.69 Å². The lowest BCUT2D eigenvalue weighted by Crippen LogP contribution is -2.30. The number of aliphatic hydroxyl groups is 1. The third kappa shape index (κ3) is 5.71. The molecule has 3 aromatic rings. The number of ether oxygens (including phenoxy) is 1. The molecule has 0 bridgehead atoms. The first-order valence-corrected chi connectivity index (χ1v) is 12.9. The average molecular weight is 522 g/mol. The number of nitrogens with zero attached hydrogens (tertiary/aromatic N) is 2. The normalized spacial score (nSPS) is 15.7. The first kappa shape index (κ1) is 25.9. The van der Waals surface area contributed by atoms with E-state index < -0.39 is 11.4 Å². The van der Waals surface area contributed by atoms with Crippen LogP contribution in [0, 0.1) is 12.7 Å². The second-order valence-corrected chi connectivity index (χ2v) is 9.87. The number of hydrogen-bond acceptors (Lipinski definition) is 7. The van der Waals surface area contributed by atoms with Gasteiger partial charge in [0.25, 0.3) is 11.5 Å². The maximum Gasteiger partial charge on any atom is 0.297 e. The summed E-state index contributed by atoms with van der Waals surface area (Å²) < 4.78 is 21.7. The predicted molar refractivity (Wildman–Crippen MR) is 141 cm³/mol. The fourth-order valence-electron chi connectivity index (χ4n) is 4.45. The Morgan fingerprint density at radius 1 is 1.21 bits per heavy atom. The molecule has 200 valence electrons. The molecule has 0 spiro atoms. The summed E-state index contributed by atoms with van der Waals surface area (Å²) in [6.07, 6.45) is 6.45. The second kappa shape index (κ2) is 10.9. The third-order valence-electron chi connectivity index (χ3n) is 6.87. The highest BCUT2D eigenvalue weighted by Crippen LogP contribution is 2.51. The van der Waals surface area contributed by atoms with Gasteiger partial charge in [-0.2, -0.15) is 0 Å². The van der Waals surface area contributed by atoms with Crippen molar-refractivity contribution in [2.24, 2.45) is 0 Å². The van der Waals surface area contributed by atoms with Crippen molar-refractivity contribution < 1.29 is 19.0 Å². The summed E-state index contributed by atoms with van der Waals surface area (Å²) in [4.78, 5) is 30.5. The molecule has 2 fully saturated rings. The van der Waals surface area contributed by atoms with E-state index in [9.17, 15) is 14.0 Å². The van der Waals surface area contributed by atoms with E-state index in [0.717, 1.165) is 18.4 Å². The van der Waals surface area contributed by atoms with Crippen LogP contribution in [0.15, 0.2) is 53.6 Å². The van der Waals surface area contributed by atoms with Crippen LogP contribution < -0.4 is 26.2 Å². The van der Waals surface area contributed by atoms with E-state index in [-0.39, 0.29) is 29.9 Å². The van der Waals surface area contributed by atoms with Crippen LogP contribution in [0.1, 0.15) is 47.2 Å². The molecule has 1 heterocycles. The lowest BCUT2D eigenvalue weighted by Gasteiger charge is -2.22. The number of benzene rings is 2. The summed E-state index contributed by atoms with van der Waals surface area (Å²) in [6.45, 7) is 3.25. The van der Waals surface area contributed by atoms with Crippen LogP contribution in [0.5, 0.6) is 5.75 Å². The largest absolute Gasteiger partial charge is 0.492 e. The van der Waals surface area contributed by atoms with Gasteiger partial charge in [0.2, 0.25) is 0 Å². The number of hydrogen-bond donors (Lipinski definition) is 4. The van der Waals surface area contributed by atoms with E-state index in [1.807, 2.05) is 13.0 Å². The maximum absolute atomic E-state index is 14.3. The lowest BCUT2D eigenvalue weighted by atomic mass is 10.0. The number of halogens is 1. The van der Waals surface area contributed by atoms with Gasteiger partial charge in [-0.25, -0.2) is 9.37 Å². The Labute approximate surface area is 220 Å². The molecule has 4 N–H and O–H groups in total. The van der Waals surface area contributed by atoms with Crippen LogP contribution in [0.4, 0.5) is 10.2 Å². The van der Waals surface area contributed by atoms with E-state index in [0.29, 0.717) is 55.1 Å². The zero-order valence-corrected chi connectivity index (χ0v) is 21.3. The summed E-state index contributed by atoms with van der Waals surface area (Å²) >= 11 is 0. The summed E-state index contributed by atoms with van der Waals surface area (Å²) in [5.41, 5.74) is 1.51. The molecule has 0 saturated heterocycles. The zero-order valence-electron chi connectivity index (χ0n) is 21.3. The van der Waals surface area contributed by atoms with Gasteiger partial charge in [0.1, 0.15) is 18.2 Å². The van der Waals surface area contributed by atoms with E-state index >= 15 is 0 Å². The Morgan fingerprint density at radius 3 is 2.76 bits per heavy atom. The molecule has 0 radical (unpaired) electrons. The van der Waals surface area contributed by atoms with E-state index in [1.54, 1.807) is 24.4 Å². The molecule has 0 unspecified atom stereocenters. The van der Waals surface area contributed by atoms with Gasteiger partial charge < -0.3 is 25.8 Å². The minimum atomic E-state index is -0.678. The van der Waals surface area contributed by atoms with Gasteiger partial charge in [-0.15, -0.1) is 0 Å². The molecule has 2 aliphatic rings. The van der Waals surface area contributed by atoms with Crippen molar-refractivity contribution in [2.75, 3.05) is 31.6 Å². The number of carbonyl (C=O) groups is 1. The average Bonchev–Trinajstić information content (AvgIpc) is 3.84. The number of nitrogens with one attached hydrogen (secondary N) is 3. The molecule has 10 heteroatoms. The molecular weight excluding hydrogens is 489 g/mol. The molecular formula is C28H32FN5O4. The van der Waals surface area contributed by atoms with Gasteiger partial charge in [-0.3, -0.25) is 14.2 Å². The van der Waals surface area contributed by atoms with Gasteiger partial charge in [-0.1, -0.05) is 6.07 Å². The highest BCUT2D eigenvalue weighted by Gasteiger charge is 2.47.